The summed E-state index contributed by atoms with van der Waals surface area (Å²) in [6, 6.07) is 10.2. The van der Waals surface area contributed by atoms with E-state index in [1.807, 2.05) is 0 Å². The first-order valence-corrected chi connectivity index (χ1v) is 11.3. The topological polar surface area (TPSA) is 35.5 Å². The van der Waals surface area contributed by atoms with Crippen LogP contribution in [0.25, 0.3) is 0 Å². The number of anilines is 1. The van der Waals surface area contributed by atoms with E-state index in [1.165, 1.54) is 60.6 Å². The summed E-state index contributed by atoms with van der Waals surface area (Å²) in [6.45, 7) is 11.0. The van der Waals surface area contributed by atoms with Gasteiger partial charge in [-0.15, -0.1) is 0 Å². The molecule has 1 aromatic heterocycles. The zero-order valence-electron chi connectivity index (χ0n) is 17.8. The van der Waals surface area contributed by atoms with Gasteiger partial charge in [0, 0.05) is 56.9 Å². The standard InChI is InChI=1S/C24H33N5/c1-18-6-8-20(9-7-18)19(2)29-11-10-22-23(16-29)25-17-26-24(22)28-14-12-27(13-15-28)21-4-3-5-21/h6-9,17,19,21H,3-5,10-16H2,1-2H3. The molecular formula is C24H33N5. The van der Waals surface area contributed by atoms with E-state index < -0.39 is 0 Å². The van der Waals surface area contributed by atoms with Crippen LogP contribution in [0.2, 0.25) is 0 Å². The summed E-state index contributed by atoms with van der Waals surface area (Å²) in [5, 5.41) is 0. The molecule has 0 radical (unpaired) electrons. The van der Waals surface area contributed by atoms with Crippen LogP contribution in [0, 0.1) is 6.92 Å². The lowest BCUT2D eigenvalue weighted by Gasteiger charge is -2.44. The van der Waals surface area contributed by atoms with Gasteiger partial charge in [0.1, 0.15) is 12.1 Å². The second kappa shape index (κ2) is 8.04. The van der Waals surface area contributed by atoms with E-state index in [0.717, 1.165) is 38.6 Å². The van der Waals surface area contributed by atoms with Crippen molar-refractivity contribution in [2.24, 2.45) is 0 Å². The predicted octanol–water partition coefficient (Wildman–Crippen LogP) is 3.58. The molecule has 0 amide bonds. The Kier molecular flexibility index (Phi) is 5.27. The summed E-state index contributed by atoms with van der Waals surface area (Å²) < 4.78 is 0. The average Bonchev–Trinajstić information content (AvgIpc) is 2.72. The highest BCUT2D eigenvalue weighted by molar-refractivity contribution is 5.50. The van der Waals surface area contributed by atoms with Crippen molar-refractivity contribution in [3.63, 3.8) is 0 Å². The monoisotopic (exact) mass is 391 g/mol. The van der Waals surface area contributed by atoms with Crippen LogP contribution in [-0.2, 0) is 13.0 Å². The summed E-state index contributed by atoms with van der Waals surface area (Å²) in [5.74, 6) is 1.20. The van der Waals surface area contributed by atoms with Crippen molar-refractivity contribution in [1.82, 2.24) is 19.8 Å². The number of nitrogens with zero attached hydrogens (tertiary/aromatic N) is 5. The first-order chi connectivity index (χ1) is 14.2. The van der Waals surface area contributed by atoms with Crippen molar-refractivity contribution in [2.75, 3.05) is 37.6 Å². The minimum absolute atomic E-state index is 0.410. The molecule has 2 fully saturated rings. The van der Waals surface area contributed by atoms with E-state index in [4.69, 9.17) is 9.97 Å². The Morgan fingerprint density at radius 1 is 0.966 bits per heavy atom. The van der Waals surface area contributed by atoms with Gasteiger partial charge in [-0.05, 0) is 38.7 Å². The van der Waals surface area contributed by atoms with Gasteiger partial charge in [0.05, 0.1) is 5.69 Å². The predicted molar refractivity (Wildman–Crippen MR) is 117 cm³/mol. The molecule has 2 aromatic rings. The maximum absolute atomic E-state index is 4.74. The fourth-order valence-electron chi connectivity index (χ4n) is 5.07. The second-order valence-corrected chi connectivity index (χ2v) is 9.04. The SMILES string of the molecule is Cc1ccc(C(C)N2CCc3c(ncnc3N3CCN(C4CCC4)CC3)C2)cc1. The Morgan fingerprint density at radius 2 is 1.72 bits per heavy atom. The fourth-order valence-corrected chi connectivity index (χ4v) is 5.07. The Hall–Kier alpha value is -1.98. The van der Waals surface area contributed by atoms with Crippen molar-refractivity contribution < 1.29 is 0 Å². The molecule has 5 heteroatoms. The van der Waals surface area contributed by atoms with Crippen molar-refractivity contribution in [3.8, 4) is 0 Å². The zero-order valence-corrected chi connectivity index (χ0v) is 17.8. The summed E-state index contributed by atoms with van der Waals surface area (Å²) in [5.41, 5.74) is 5.32. The molecule has 0 N–H and O–H groups in total. The van der Waals surface area contributed by atoms with Crippen LogP contribution in [0.15, 0.2) is 30.6 Å². The zero-order chi connectivity index (χ0) is 19.8. The number of aryl methyl sites for hydroxylation is 1. The number of hydrogen-bond donors (Lipinski definition) is 0. The van der Waals surface area contributed by atoms with Gasteiger partial charge in [0.15, 0.2) is 0 Å². The highest BCUT2D eigenvalue weighted by Crippen LogP contribution is 2.32. The van der Waals surface area contributed by atoms with Gasteiger partial charge >= 0.3 is 0 Å². The Morgan fingerprint density at radius 3 is 2.41 bits per heavy atom. The Balaban J connectivity index is 1.28. The number of rotatable bonds is 4. The quantitative estimate of drug-likeness (QED) is 0.796. The first kappa shape index (κ1) is 19.0. The van der Waals surface area contributed by atoms with Gasteiger partial charge in [-0.25, -0.2) is 9.97 Å². The van der Waals surface area contributed by atoms with Crippen LogP contribution in [0.5, 0.6) is 0 Å². The van der Waals surface area contributed by atoms with Gasteiger partial charge in [0.25, 0.3) is 0 Å². The molecule has 1 saturated carbocycles. The third kappa shape index (κ3) is 3.78. The highest BCUT2D eigenvalue weighted by atomic mass is 15.3. The van der Waals surface area contributed by atoms with Crippen molar-refractivity contribution in [3.05, 3.63) is 53.0 Å². The van der Waals surface area contributed by atoms with Gasteiger partial charge < -0.3 is 4.90 Å². The molecule has 5 nitrogen and oxygen atoms in total. The van der Waals surface area contributed by atoms with E-state index in [9.17, 15) is 0 Å². The highest BCUT2D eigenvalue weighted by Gasteiger charge is 2.31. The van der Waals surface area contributed by atoms with Crippen LogP contribution < -0.4 is 4.90 Å². The molecule has 154 valence electrons. The number of piperazine rings is 1. The minimum atomic E-state index is 0.410. The second-order valence-electron chi connectivity index (χ2n) is 9.04. The lowest BCUT2D eigenvalue weighted by atomic mass is 9.91. The van der Waals surface area contributed by atoms with Crippen molar-refractivity contribution in [1.29, 1.82) is 0 Å². The molecule has 3 aliphatic rings. The van der Waals surface area contributed by atoms with E-state index in [1.54, 1.807) is 6.33 Å². The Bertz CT molecular complexity index is 837. The van der Waals surface area contributed by atoms with Crippen LogP contribution >= 0.6 is 0 Å². The van der Waals surface area contributed by atoms with E-state index >= 15 is 0 Å². The van der Waals surface area contributed by atoms with Gasteiger partial charge in [-0.1, -0.05) is 36.2 Å². The minimum Gasteiger partial charge on any atom is -0.354 e. The average molecular weight is 392 g/mol. The molecule has 1 unspecified atom stereocenters. The number of fused-ring (bicyclic) bond motifs is 1. The maximum Gasteiger partial charge on any atom is 0.135 e. The molecule has 0 bridgehead atoms. The number of aromatic nitrogens is 2. The molecule has 1 aromatic carbocycles. The van der Waals surface area contributed by atoms with E-state index in [0.29, 0.717) is 6.04 Å². The molecule has 2 aliphatic heterocycles. The summed E-state index contributed by atoms with van der Waals surface area (Å²) in [6.07, 6.45) is 7.05. The Labute approximate surface area is 174 Å². The smallest absolute Gasteiger partial charge is 0.135 e. The molecule has 3 heterocycles. The van der Waals surface area contributed by atoms with Crippen LogP contribution in [0.1, 0.15) is 54.6 Å². The molecule has 5 rings (SSSR count). The van der Waals surface area contributed by atoms with Crippen molar-refractivity contribution in [2.45, 2.75) is 58.2 Å². The number of benzene rings is 1. The maximum atomic E-state index is 4.74. The molecular weight excluding hydrogens is 358 g/mol. The molecule has 1 saturated heterocycles. The van der Waals surface area contributed by atoms with Crippen LogP contribution in [0.3, 0.4) is 0 Å². The normalized spacial score (nSPS) is 22.2. The van der Waals surface area contributed by atoms with E-state index in [2.05, 4.69) is 52.8 Å². The van der Waals surface area contributed by atoms with Crippen molar-refractivity contribution >= 4 is 5.82 Å². The molecule has 1 atom stereocenters. The van der Waals surface area contributed by atoms with Gasteiger partial charge in [-0.3, -0.25) is 9.80 Å². The largest absolute Gasteiger partial charge is 0.354 e. The first-order valence-electron chi connectivity index (χ1n) is 11.3. The third-order valence-electron chi connectivity index (χ3n) is 7.33. The number of hydrogen-bond acceptors (Lipinski definition) is 5. The lowest BCUT2D eigenvalue weighted by molar-refractivity contribution is 0.120. The van der Waals surface area contributed by atoms with Gasteiger partial charge in [-0.2, -0.15) is 0 Å². The van der Waals surface area contributed by atoms with Crippen LogP contribution in [-0.4, -0.2) is 58.5 Å². The summed E-state index contributed by atoms with van der Waals surface area (Å²) >= 11 is 0. The lowest BCUT2D eigenvalue weighted by Crippen LogP contribution is -2.52. The third-order valence-corrected chi connectivity index (χ3v) is 7.33. The molecule has 1 aliphatic carbocycles. The molecule has 0 spiro atoms. The summed E-state index contributed by atoms with van der Waals surface area (Å²) in [4.78, 5) is 17.2. The summed E-state index contributed by atoms with van der Waals surface area (Å²) in [7, 11) is 0. The molecule has 29 heavy (non-hydrogen) atoms. The van der Waals surface area contributed by atoms with Crippen LogP contribution in [0.4, 0.5) is 5.82 Å². The van der Waals surface area contributed by atoms with E-state index in [-0.39, 0.29) is 0 Å². The van der Waals surface area contributed by atoms with Gasteiger partial charge in [0.2, 0.25) is 0 Å². The fraction of sp³-hybridized carbons (Fsp3) is 0.583.